The molecule has 0 amide bonds. The molecule has 0 spiro atoms. The predicted molar refractivity (Wildman–Crippen MR) is 116 cm³/mol. The van der Waals surface area contributed by atoms with Gasteiger partial charge in [0.05, 0.1) is 11.5 Å². The van der Waals surface area contributed by atoms with Crippen molar-refractivity contribution in [3.05, 3.63) is 29.8 Å². The van der Waals surface area contributed by atoms with E-state index in [1.807, 2.05) is 6.92 Å². The van der Waals surface area contributed by atoms with Gasteiger partial charge in [0.1, 0.15) is 0 Å². The summed E-state index contributed by atoms with van der Waals surface area (Å²) in [5.41, 5.74) is 1.03. The van der Waals surface area contributed by atoms with Crippen molar-refractivity contribution in [3.8, 4) is 0 Å². The van der Waals surface area contributed by atoms with Gasteiger partial charge in [0.15, 0.2) is 0 Å². The standard InChI is InChI=1S/C23H40O4S/c1-3-4-5-6-7-8-9-10-11-12-19-26-20-13-14-21-27-28(24,25)23-17-15-22(2)16-18-23/h15-18H,3-14,19-21H2,1-2H3. The van der Waals surface area contributed by atoms with E-state index in [0.29, 0.717) is 13.0 Å². The lowest BCUT2D eigenvalue weighted by atomic mass is 10.1. The molecule has 1 rings (SSSR count). The summed E-state index contributed by atoms with van der Waals surface area (Å²) in [5, 5.41) is 0. The highest BCUT2D eigenvalue weighted by molar-refractivity contribution is 7.86. The lowest BCUT2D eigenvalue weighted by Crippen LogP contribution is -2.08. The highest BCUT2D eigenvalue weighted by Gasteiger charge is 2.14. The Kier molecular flexibility index (Phi) is 14.3. The van der Waals surface area contributed by atoms with E-state index in [1.165, 1.54) is 57.8 Å². The summed E-state index contributed by atoms with van der Waals surface area (Å²) in [7, 11) is -3.64. The van der Waals surface area contributed by atoms with Crippen LogP contribution in [-0.2, 0) is 19.0 Å². The molecule has 1 aromatic carbocycles. The number of hydrogen-bond acceptors (Lipinski definition) is 4. The summed E-state index contributed by atoms with van der Waals surface area (Å²) in [6, 6.07) is 6.72. The maximum atomic E-state index is 12.0. The monoisotopic (exact) mass is 412 g/mol. The molecule has 5 heteroatoms. The number of rotatable bonds is 18. The maximum absolute atomic E-state index is 12.0. The molecule has 0 aliphatic carbocycles. The molecule has 0 heterocycles. The van der Waals surface area contributed by atoms with Gasteiger partial charge < -0.3 is 4.74 Å². The predicted octanol–water partition coefficient (Wildman–Crippen LogP) is 6.42. The van der Waals surface area contributed by atoms with Gasteiger partial charge in [-0.25, -0.2) is 0 Å². The Labute approximate surface area is 173 Å². The van der Waals surface area contributed by atoms with E-state index in [0.717, 1.165) is 25.0 Å². The Morgan fingerprint density at radius 1 is 0.679 bits per heavy atom. The number of benzene rings is 1. The second kappa shape index (κ2) is 15.9. The molecular formula is C23H40O4S. The molecule has 0 fully saturated rings. The van der Waals surface area contributed by atoms with Crippen LogP contribution in [0.3, 0.4) is 0 Å². The topological polar surface area (TPSA) is 52.6 Å². The Bertz CT molecular complexity index is 581. The Morgan fingerprint density at radius 2 is 1.14 bits per heavy atom. The summed E-state index contributed by atoms with van der Waals surface area (Å²) in [6.07, 6.45) is 14.8. The minimum absolute atomic E-state index is 0.206. The van der Waals surface area contributed by atoms with Crippen molar-refractivity contribution in [2.24, 2.45) is 0 Å². The zero-order chi connectivity index (χ0) is 20.5. The molecule has 0 aliphatic heterocycles. The maximum Gasteiger partial charge on any atom is 0.296 e. The van der Waals surface area contributed by atoms with Crippen LogP contribution in [0.5, 0.6) is 0 Å². The smallest absolute Gasteiger partial charge is 0.296 e. The second-order valence-electron chi connectivity index (χ2n) is 7.59. The van der Waals surface area contributed by atoms with E-state index in [-0.39, 0.29) is 11.5 Å². The van der Waals surface area contributed by atoms with Gasteiger partial charge >= 0.3 is 0 Å². The summed E-state index contributed by atoms with van der Waals surface area (Å²) in [6.45, 7) is 5.86. The highest BCUT2D eigenvalue weighted by Crippen LogP contribution is 2.14. The summed E-state index contributed by atoms with van der Waals surface area (Å²) < 4.78 is 34.8. The Hall–Kier alpha value is -0.910. The van der Waals surface area contributed by atoms with Crippen molar-refractivity contribution in [1.29, 1.82) is 0 Å². The third kappa shape index (κ3) is 12.5. The van der Waals surface area contributed by atoms with Crippen molar-refractivity contribution in [2.45, 2.75) is 95.8 Å². The van der Waals surface area contributed by atoms with Crippen LogP contribution in [0.1, 0.15) is 89.5 Å². The molecule has 162 valence electrons. The van der Waals surface area contributed by atoms with Crippen LogP contribution < -0.4 is 0 Å². The molecule has 0 atom stereocenters. The molecule has 0 bridgehead atoms. The van der Waals surface area contributed by atoms with Gasteiger partial charge in [-0.3, -0.25) is 4.18 Å². The van der Waals surface area contributed by atoms with Gasteiger partial charge in [-0.05, 0) is 38.3 Å². The number of unbranched alkanes of at least 4 members (excludes halogenated alkanes) is 10. The fourth-order valence-corrected chi connectivity index (χ4v) is 3.98. The molecule has 1 aromatic rings. The quantitative estimate of drug-likeness (QED) is 0.206. The highest BCUT2D eigenvalue weighted by atomic mass is 32.2. The molecular weight excluding hydrogens is 372 g/mol. The van der Waals surface area contributed by atoms with E-state index in [9.17, 15) is 8.42 Å². The summed E-state index contributed by atoms with van der Waals surface area (Å²) >= 11 is 0. The van der Waals surface area contributed by atoms with Crippen LogP contribution in [0.25, 0.3) is 0 Å². The Morgan fingerprint density at radius 3 is 1.71 bits per heavy atom. The van der Waals surface area contributed by atoms with Crippen molar-refractivity contribution in [1.82, 2.24) is 0 Å². The third-order valence-corrected chi connectivity index (χ3v) is 6.20. The van der Waals surface area contributed by atoms with Crippen molar-refractivity contribution < 1.29 is 17.3 Å². The van der Waals surface area contributed by atoms with Crippen LogP contribution in [-0.4, -0.2) is 28.2 Å². The van der Waals surface area contributed by atoms with Crippen LogP contribution in [0.15, 0.2) is 29.2 Å². The largest absolute Gasteiger partial charge is 0.381 e. The minimum atomic E-state index is -3.64. The average molecular weight is 413 g/mol. The number of hydrogen-bond donors (Lipinski definition) is 0. The molecule has 0 radical (unpaired) electrons. The molecule has 0 saturated heterocycles. The van der Waals surface area contributed by atoms with E-state index in [1.54, 1.807) is 24.3 Å². The van der Waals surface area contributed by atoms with Gasteiger partial charge in [-0.15, -0.1) is 0 Å². The van der Waals surface area contributed by atoms with Crippen molar-refractivity contribution in [2.75, 3.05) is 19.8 Å². The first-order valence-corrected chi connectivity index (χ1v) is 12.5. The fraction of sp³-hybridized carbons (Fsp3) is 0.739. The van der Waals surface area contributed by atoms with E-state index < -0.39 is 10.1 Å². The SMILES string of the molecule is CCCCCCCCCCCCOCCCCOS(=O)(=O)c1ccc(C)cc1. The first-order valence-electron chi connectivity index (χ1n) is 11.1. The fourth-order valence-electron chi connectivity index (χ4n) is 3.04. The van der Waals surface area contributed by atoms with Crippen LogP contribution in [0, 0.1) is 6.92 Å². The second-order valence-corrected chi connectivity index (χ2v) is 9.21. The summed E-state index contributed by atoms with van der Waals surface area (Å²) in [5.74, 6) is 0. The van der Waals surface area contributed by atoms with Crippen molar-refractivity contribution >= 4 is 10.1 Å². The molecule has 4 nitrogen and oxygen atoms in total. The van der Waals surface area contributed by atoms with E-state index in [4.69, 9.17) is 8.92 Å². The first kappa shape index (κ1) is 25.1. The van der Waals surface area contributed by atoms with Gasteiger partial charge in [0.25, 0.3) is 10.1 Å². The van der Waals surface area contributed by atoms with Crippen LogP contribution in [0.2, 0.25) is 0 Å². The van der Waals surface area contributed by atoms with Gasteiger partial charge in [-0.1, -0.05) is 82.4 Å². The first-order chi connectivity index (χ1) is 13.6. The molecule has 0 aromatic heterocycles. The third-order valence-electron chi connectivity index (χ3n) is 4.87. The van der Waals surface area contributed by atoms with Crippen LogP contribution in [0.4, 0.5) is 0 Å². The lowest BCUT2D eigenvalue weighted by Gasteiger charge is -2.07. The zero-order valence-corrected chi connectivity index (χ0v) is 18.8. The normalized spacial score (nSPS) is 11.8. The van der Waals surface area contributed by atoms with Gasteiger partial charge in [-0.2, -0.15) is 8.42 Å². The minimum Gasteiger partial charge on any atom is -0.381 e. The molecule has 0 aliphatic rings. The molecule has 28 heavy (non-hydrogen) atoms. The molecule has 0 saturated carbocycles. The molecule has 0 unspecified atom stereocenters. The summed E-state index contributed by atoms with van der Waals surface area (Å²) in [4.78, 5) is 0.218. The number of ether oxygens (including phenoxy) is 1. The van der Waals surface area contributed by atoms with Gasteiger partial charge in [0.2, 0.25) is 0 Å². The zero-order valence-electron chi connectivity index (χ0n) is 18.0. The van der Waals surface area contributed by atoms with E-state index in [2.05, 4.69) is 6.92 Å². The van der Waals surface area contributed by atoms with E-state index >= 15 is 0 Å². The lowest BCUT2D eigenvalue weighted by molar-refractivity contribution is 0.122. The van der Waals surface area contributed by atoms with Gasteiger partial charge in [0, 0.05) is 13.2 Å². The Balaban J connectivity index is 1.88. The van der Waals surface area contributed by atoms with Crippen molar-refractivity contribution in [3.63, 3.8) is 0 Å². The average Bonchev–Trinajstić information content (AvgIpc) is 2.68. The number of aryl methyl sites for hydroxylation is 1. The van der Waals surface area contributed by atoms with Crippen LogP contribution >= 0.6 is 0 Å². The molecule has 0 N–H and O–H groups in total.